The Morgan fingerprint density at radius 3 is 2.37 bits per heavy atom. The second-order valence-electron chi connectivity index (χ2n) is 9.08. The van der Waals surface area contributed by atoms with Crippen LogP contribution in [-0.2, 0) is 15.8 Å². The number of hydrogen-bond donors (Lipinski definition) is 1. The maximum atomic E-state index is 15.1. The molecule has 0 spiro atoms. The molecule has 0 saturated carbocycles. The largest absolute Gasteiger partial charge is 0.507 e. The number of hydrogen-bond acceptors (Lipinski definition) is 4. The summed E-state index contributed by atoms with van der Waals surface area (Å²) in [6.07, 6.45) is -4.72. The van der Waals surface area contributed by atoms with Crippen LogP contribution < -0.4 is 9.64 Å². The molecular weight excluding hydrogens is 502 g/mol. The first-order valence-corrected chi connectivity index (χ1v) is 12.0. The number of rotatable bonds is 6. The molecule has 3 aromatic rings. The summed E-state index contributed by atoms with van der Waals surface area (Å²) < 4.78 is 61.0. The molecular formula is C29H25F4NO4. The van der Waals surface area contributed by atoms with E-state index in [0.29, 0.717) is 18.4 Å². The van der Waals surface area contributed by atoms with E-state index in [0.717, 1.165) is 28.7 Å². The number of ether oxygens (including phenoxy) is 1. The molecule has 9 heteroatoms. The van der Waals surface area contributed by atoms with Gasteiger partial charge < -0.3 is 9.84 Å². The SMILES string of the molecule is CCOc1ccc(/C(O)=C2\C(=O)C(=O)N(c3cccc(C(F)(F)F)c3)C2c2ccccc2F)cc1C(C)C. The molecule has 0 bridgehead atoms. The number of anilines is 1. The van der Waals surface area contributed by atoms with Gasteiger partial charge in [-0.2, -0.15) is 13.2 Å². The summed E-state index contributed by atoms with van der Waals surface area (Å²) in [7, 11) is 0. The van der Waals surface area contributed by atoms with Crippen molar-refractivity contribution in [1.29, 1.82) is 0 Å². The first-order valence-electron chi connectivity index (χ1n) is 12.0. The van der Waals surface area contributed by atoms with Crippen LogP contribution in [0.4, 0.5) is 23.2 Å². The zero-order valence-electron chi connectivity index (χ0n) is 20.8. The minimum Gasteiger partial charge on any atom is -0.507 e. The number of carbonyl (C=O) groups excluding carboxylic acids is 2. The van der Waals surface area contributed by atoms with Gasteiger partial charge in [0.15, 0.2) is 0 Å². The summed E-state index contributed by atoms with van der Waals surface area (Å²) in [5, 5.41) is 11.3. The van der Waals surface area contributed by atoms with Crippen molar-refractivity contribution >= 4 is 23.1 Å². The van der Waals surface area contributed by atoms with E-state index < -0.39 is 46.6 Å². The second kappa shape index (κ2) is 10.3. The highest BCUT2D eigenvalue weighted by Gasteiger charge is 2.48. The van der Waals surface area contributed by atoms with Crippen molar-refractivity contribution in [1.82, 2.24) is 0 Å². The summed E-state index contributed by atoms with van der Waals surface area (Å²) in [6, 6.07) is 12.4. The Morgan fingerprint density at radius 2 is 1.74 bits per heavy atom. The Kier molecular flexibility index (Phi) is 7.31. The maximum absolute atomic E-state index is 15.1. The molecule has 1 unspecified atom stereocenters. The minimum absolute atomic E-state index is 0.0285. The lowest BCUT2D eigenvalue weighted by atomic mass is 9.92. The third-order valence-electron chi connectivity index (χ3n) is 6.30. The number of aliphatic hydroxyl groups excluding tert-OH is 1. The summed E-state index contributed by atoms with van der Waals surface area (Å²) in [5.74, 6) is -3.15. The van der Waals surface area contributed by atoms with Gasteiger partial charge in [0.2, 0.25) is 0 Å². The Balaban J connectivity index is 1.96. The van der Waals surface area contributed by atoms with Gasteiger partial charge >= 0.3 is 6.18 Å². The highest BCUT2D eigenvalue weighted by atomic mass is 19.4. The lowest BCUT2D eigenvalue weighted by Gasteiger charge is -2.26. The molecule has 38 heavy (non-hydrogen) atoms. The van der Waals surface area contributed by atoms with Crippen LogP contribution >= 0.6 is 0 Å². The van der Waals surface area contributed by atoms with Crippen LogP contribution in [-0.4, -0.2) is 23.4 Å². The van der Waals surface area contributed by atoms with Crippen LogP contribution in [0, 0.1) is 5.82 Å². The van der Waals surface area contributed by atoms with Gasteiger partial charge in [0.25, 0.3) is 11.7 Å². The number of benzene rings is 3. The van der Waals surface area contributed by atoms with Crippen molar-refractivity contribution < 1.29 is 37.0 Å². The quantitative estimate of drug-likeness (QED) is 0.162. The number of carbonyl (C=O) groups is 2. The normalized spacial score (nSPS) is 17.4. The van der Waals surface area contributed by atoms with E-state index in [-0.39, 0.29) is 22.7 Å². The summed E-state index contributed by atoms with van der Waals surface area (Å²) >= 11 is 0. The standard InChI is InChI=1S/C29H25F4NO4/c1-4-38-23-13-12-17(14-21(23)16(2)3)26(35)24-25(20-10-5-6-11-22(20)30)34(28(37)27(24)36)19-9-7-8-18(15-19)29(31,32)33/h5-16,25,35H,4H2,1-3H3/b26-24+. The van der Waals surface area contributed by atoms with Crippen molar-refractivity contribution in [2.75, 3.05) is 11.5 Å². The topological polar surface area (TPSA) is 66.8 Å². The zero-order valence-corrected chi connectivity index (χ0v) is 20.8. The molecule has 1 aliphatic rings. The van der Waals surface area contributed by atoms with Crippen molar-refractivity contribution in [3.8, 4) is 5.75 Å². The number of nitrogens with zero attached hydrogens (tertiary/aromatic N) is 1. The van der Waals surface area contributed by atoms with Gasteiger partial charge in [0.1, 0.15) is 17.3 Å². The fraction of sp³-hybridized carbons (Fsp3) is 0.241. The van der Waals surface area contributed by atoms with Crippen molar-refractivity contribution in [2.24, 2.45) is 0 Å². The van der Waals surface area contributed by atoms with E-state index in [1.807, 2.05) is 20.8 Å². The van der Waals surface area contributed by atoms with E-state index in [1.165, 1.54) is 30.3 Å². The first kappa shape index (κ1) is 26.9. The molecule has 1 amide bonds. The van der Waals surface area contributed by atoms with Gasteiger partial charge in [-0.05, 0) is 60.9 Å². The number of halogens is 4. The third kappa shape index (κ3) is 4.88. The highest BCUT2D eigenvalue weighted by Crippen LogP contribution is 2.44. The lowest BCUT2D eigenvalue weighted by Crippen LogP contribution is -2.30. The molecule has 198 valence electrons. The molecule has 1 fully saturated rings. The molecule has 1 aliphatic heterocycles. The average Bonchev–Trinajstić information content (AvgIpc) is 3.13. The predicted octanol–water partition coefficient (Wildman–Crippen LogP) is 6.99. The summed E-state index contributed by atoms with van der Waals surface area (Å²) in [5.41, 5.74) is -0.982. The Hall–Kier alpha value is -4.14. The van der Waals surface area contributed by atoms with Gasteiger partial charge in [-0.25, -0.2) is 4.39 Å². The first-order chi connectivity index (χ1) is 18.0. The van der Waals surface area contributed by atoms with Crippen LogP contribution in [0.1, 0.15) is 55.0 Å². The van der Waals surface area contributed by atoms with E-state index in [9.17, 15) is 27.9 Å². The second-order valence-corrected chi connectivity index (χ2v) is 9.08. The van der Waals surface area contributed by atoms with Crippen molar-refractivity contribution in [2.45, 2.75) is 38.9 Å². The summed E-state index contributed by atoms with van der Waals surface area (Å²) in [6.45, 7) is 6.04. The average molecular weight is 528 g/mol. The van der Waals surface area contributed by atoms with Crippen molar-refractivity contribution in [3.05, 3.63) is 100 Å². The van der Waals surface area contributed by atoms with Crippen molar-refractivity contribution in [3.63, 3.8) is 0 Å². The molecule has 3 aromatic carbocycles. The zero-order chi connectivity index (χ0) is 27.8. The van der Waals surface area contributed by atoms with E-state index in [2.05, 4.69) is 0 Å². The fourth-order valence-electron chi connectivity index (χ4n) is 4.51. The molecule has 0 aromatic heterocycles. The molecule has 0 aliphatic carbocycles. The van der Waals surface area contributed by atoms with Crippen LogP contribution in [0.3, 0.4) is 0 Å². The van der Waals surface area contributed by atoms with E-state index in [1.54, 1.807) is 12.1 Å². The van der Waals surface area contributed by atoms with Gasteiger partial charge in [-0.15, -0.1) is 0 Å². The molecule has 1 atom stereocenters. The predicted molar refractivity (Wildman–Crippen MR) is 134 cm³/mol. The van der Waals surface area contributed by atoms with Crippen LogP contribution in [0.5, 0.6) is 5.75 Å². The fourth-order valence-corrected chi connectivity index (χ4v) is 4.51. The Labute approximate surface area is 217 Å². The molecule has 5 nitrogen and oxygen atoms in total. The number of amides is 1. The molecule has 1 N–H and O–H groups in total. The smallest absolute Gasteiger partial charge is 0.416 e. The molecule has 4 rings (SSSR count). The van der Waals surface area contributed by atoms with Gasteiger partial charge in [-0.1, -0.05) is 38.1 Å². The van der Waals surface area contributed by atoms with Gasteiger partial charge in [0.05, 0.1) is 23.8 Å². The number of Topliss-reactive ketones (excluding diaryl/α,β-unsaturated/α-hetero) is 1. The van der Waals surface area contributed by atoms with E-state index in [4.69, 9.17) is 4.74 Å². The number of aliphatic hydroxyl groups is 1. The van der Waals surface area contributed by atoms with Crippen LogP contribution in [0.25, 0.3) is 5.76 Å². The highest BCUT2D eigenvalue weighted by molar-refractivity contribution is 6.51. The minimum atomic E-state index is -4.72. The third-order valence-corrected chi connectivity index (χ3v) is 6.30. The number of ketones is 1. The van der Waals surface area contributed by atoms with Crippen LogP contribution in [0.15, 0.2) is 72.3 Å². The van der Waals surface area contributed by atoms with E-state index >= 15 is 4.39 Å². The Morgan fingerprint density at radius 1 is 1.03 bits per heavy atom. The van der Waals surface area contributed by atoms with Crippen LogP contribution in [0.2, 0.25) is 0 Å². The van der Waals surface area contributed by atoms with Gasteiger partial charge in [-0.3, -0.25) is 14.5 Å². The number of alkyl halides is 3. The summed E-state index contributed by atoms with van der Waals surface area (Å²) in [4.78, 5) is 27.3. The van der Waals surface area contributed by atoms with Gasteiger partial charge in [0, 0.05) is 16.8 Å². The monoisotopic (exact) mass is 527 g/mol. The Bertz CT molecular complexity index is 1430. The maximum Gasteiger partial charge on any atom is 0.416 e. The lowest BCUT2D eigenvalue weighted by molar-refractivity contribution is -0.137. The molecule has 0 radical (unpaired) electrons. The molecule has 1 saturated heterocycles. The molecule has 1 heterocycles.